The molecule has 2 aromatic rings. The summed E-state index contributed by atoms with van der Waals surface area (Å²) in [4.78, 5) is 12.9. The van der Waals surface area contributed by atoms with Crippen LogP contribution in [0.4, 0.5) is 8.78 Å². The zero-order chi connectivity index (χ0) is 23.3. The van der Waals surface area contributed by atoms with Crippen LogP contribution in [0.5, 0.6) is 0 Å². The Hall–Kier alpha value is -1.39. The number of halogens is 3. The molecule has 1 heterocycles. The molecule has 1 aromatic heterocycles. The molecular weight excluding hydrogens is 466 g/mol. The highest BCUT2D eigenvalue weighted by Crippen LogP contribution is 2.45. The minimum atomic E-state index is -3.88. The molecule has 0 spiro atoms. The van der Waals surface area contributed by atoms with E-state index < -0.39 is 37.3 Å². The maximum atomic E-state index is 14.8. The van der Waals surface area contributed by atoms with Gasteiger partial charge in [-0.15, -0.1) is 15.7 Å². The molecule has 5 nitrogen and oxygen atoms in total. The van der Waals surface area contributed by atoms with Crippen molar-refractivity contribution in [1.29, 1.82) is 0 Å². The van der Waals surface area contributed by atoms with Crippen LogP contribution >= 0.6 is 22.9 Å². The molecule has 1 saturated carbocycles. The van der Waals surface area contributed by atoms with Crippen LogP contribution in [0.2, 0.25) is 5.02 Å². The topological polar surface area (TPSA) is 92.8 Å². The first-order valence-corrected chi connectivity index (χ1v) is 12.6. The molecule has 0 aliphatic heterocycles. The number of hydrogen-bond acceptors (Lipinski definition) is 4. The Morgan fingerprint density at radius 3 is 2.48 bits per heavy atom. The number of nitrogens with zero attached hydrogens (tertiary/aromatic N) is 1. The lowest BCUT2D eigenvalue weighted by Crippen LogP contribution is -2.17. The highest BCUT2D eigenvalue weighted by molar-refractivity contribution is 7.93. The zero-order valence-electron chi connectivity index (χ0n) is 17.7. The summed E-state index contributed by atoms with van der Waals surface area (Å²) in [5.41, 5.74) is 0.226. The van der Waals surface area contributed by atoms with Crippen LogP contribution in [0.15, 0.2) is 20.7 Å². The average molecular weight is 491 g/mol. The molecule has 0 saturated heterocycles. The number of carbonyl (C=O) groups is 1. The Labute approximate surface area is 189 Å². The molecule has 0 unspecified atom stereocenters. The summed E-state index contributed by atoms with van der Waals surface area (Å²) in [7, 11) is -3.88. The van der Waals surface area contributed by atoms with Crippen molar-refractivity contribution in [2.75, 3.05) is 0 Å². The third kappa shape index (κ3) is 5.17. The molecule has 0 radical (unpaired) electrons. The predicted octanol–water partition coefficient (Wildman–Crippen LogP) is 5.38. The molecular formula is C21H25ClF2N2O3S2. The Morgan fingerprint density at radius 1 is 1.39 bits per heavy atom. The molecule has 3 rings (SSSR count). The summed E-state index contributed by atoms with van der Waals surface area (Å²) in [5, 5.41) is 15.8. The standard InChI is InChI=1S/C21H25ClF2N2O3S2/c1-10(2)18-13(12(11-5-6-11)7-14(22)19(18)24)8-17(27)26-31(25,29)20-15(23)9-16(30-20)21(3,4)28/h7,9-11,28H,5-6,8H2,1-4H3,(H2,25,26,27,29)/t31-/m1/s1. The second kappa shape index (κ2) is 8.51. The van der Waals surface area contributed by atoms with Gasteiger partial charge >= 0.3 is 0 Å². The normalized spacial score (nSPS) is 16.5. The number of hydrogen-bond donors (Lipinski definition) is 2. The summed E-state index contributed by atoms with van der Waals surface area (Å²) in [6.07, 6.45) is 1.50. The lowest BCUT2D eigenvalue weighted by molar-refractivity contribution is -0.117. The molecule has 170 valence electrons. The van der Waals surface area contributed by atoms with Crippen molar-refractivity contribution in [3.8, 4) is 0 Å². The summed E-state index contributed by atoms with van der Waals surface area (Å²) in [5.74, 6) is -2.38. The van der Waals surface area contributed by atoms with E-state index in [-0.39, 0.29) is 28.2 Å². The molecule has 10 heteroatoms. The number of aliphatic hydroxyl groups is 1. The van der Waals surface area contributed by atoms with E-state index in [9.17, 15) is 22.9 Å². The van der Waals surface area contributed by atoms with Gasteiger partial charge in [-0.05, 0) is 67.3 Å². The second-order valence-corrected chi connectivity index (χ2v) is 12.1. The summed E-state index contributed by atoms with van der Waals surface area (Å²) in [6, 6.07) is 2.57. The van der Waals surface area contributed by atoms with E-state index in [4.69, 9.17) is 16.7 Å². The van der Waals surface area contributed by atoms with E-state index in [2.05, 4.69) is 4.36 Å². The van der Waals surface area contributed by atoms with Gasteiger partial charge in [0.2, 0.25) is 0 Å². The second-order valence-electron chi connectivity index (χ2n) is 8.62. The Kier molecular flexibility index (Phi) is 6.66. The highest BCUT2D eigenvalue weighted by atomic mass is 35.5. The van der Waals surface area contributed by atoms with Crippen LogP contribution in [-0.2, 0) is 26.7 Å². The van der Waals surface area contributed by atoms with Gasteiger partial charge in [0.1, 0.15) is 5.82 Å². The van der Waals surface area contributed by atoms with Gasteiger partial charge in [0.25, 0.3) is 5.91 Å². The van der Waals surface area contributed by atoms with E-state index >= 15 is 0 Å². The molecule has 1 fully saturated rings. The first kappa shape index (κ1) is 24.3. The third-order valence-corrected chi connectivity index (χ3v) is 8.75. The largest absolute Gasteiger partial charge is 0.385 e. The quantitative estimate of drug-likeness (QED) is 0.569. The third-order valence-electron chi connectivity index (χ3n) is 5.09. The SMILES string of the molecule is CC(C)c1c(F)c(Cl)cc(C2CC2)c1CC(=O)N=[S@@](N)(=O)c1sc(C(C)(C)O)cc1F. The lowest BCUT2D eigenvalue weighted by atomic mass is 9.89. The highest BCUT2D eigenvalue weighted by Gasteiger charge is 2.32. The van der Waals surface area contributed by atoms with Gasteiger partial charge in [0.15, 0.2) is 19.9 Å². The Bertz CT molecular complexity index is 1160. The zero-order valence-corrected chi connectivity index (χ0v) is 20.1. The van der Waals surface area contributed by atoms with E-state index in [1.165, 1.54) is 19.9 Å². The monoisotopic (exact) mass is 490 g/mol. The van der Waals surface area contributed by atoms with Crippen molar-refractivity contribution in [1.82, 2.24) is 0 Å². The Balaban J connectivity index is 2.02. The number of rotatable bonds is 6. The van der Waals surface area contributed by atoms with Gasteiger partial charge in [0, 0.05) is 4.88 Å². The van der Waals surface area contributed by atoms with Crippen LogP contribution in [0.25, 0.3) is 0 Å². The minimum Gasteiger partial charge on any atom is -0.385 e. The molecule has 1 aromatic carbocycles. The van der Waals surface area contributed by atoms with Crippen molar-refractivity contribution < 1.29 is 22.9 Å². The molecule has 1 atom stereocenters. The van der Waals surface area contributed by atoms with E-state index in [0.717, 1.165) is 24.5 Å². The van der Waals surface area contributed by atoms with Gasteiger partial charge < -0.3 is 5.11 Å². The van der Waals surface area contributed by atoms with Crippen molar-refractivity contribution in [2.45, 2.75) is 68.6 Å². The van der Waals surface area contributed by atoms with Gasteiger partial charge in [-0.3, -0.25) is 4.79 Å². The van der Waals surface area contributed by atoms with Crippen LogP contribution < -0.4 is 5.14 Å². The molecule has 0 bridgehead atoms. The van der Waals surface area contributed by atoms with Crippen LogP contribution in [0, 0.1) is 11.6 Å². The van der Waals surface area contributed by atoms with Crippen molar-refractivity contribution in [3.05, 3.63) is 50.4 Å². The van der Waals surface area contributed by atoms with Crippen molar-refractivity contribution >= 4 is 38.8 Å². The summed E-state index contributed by atoms with van der Waals surface area (Å²) in [6.45, 7) is 6.48. The summed E-state index contributed by atoms with van der Waals surface area (Å²) >= 11 is 6.78. The van der Waals surface area contributed by atoms with E-state index in [1.807, 2.05) is 0 Å². The Morgan fingerprint density at radius 2 is 2.00 bits per heavy atom. The molecule has 1 aliphatic rings. The average Bonchev–Trinajstić information content (AvgIpc) is 3.36. The van der Waals surface area contributed by atoms with Gasteiger partial charge in [-0.25, -0.2) is 18.1 Å². The molecule has 3 N–H and O–H groups in total. The van der Waals surface area contributed by atoms with Crippen LogP contribution in [0.3, 0.4) is 0 Å². The maximum absolute atomic E-state index is 14.8. The lowest BCUT2D eigenvalue weighted by Gasteiger charge is -2.18. The number of thiophene rings is 1. The predicted molar refractivity (Wildman–Crippen MR) is 119 cm³/mol. The summed E-state index contributed by atoms with van der Waals surface area (Å²) < 4.78 is 45.2. The van der Waals surface area contributed by atoms with Crippen molar-refractivity contribution in [3.63, 3.8) is 0 Å². The number of nitrogens with two attached hydrogens (primary N) is 1. The number of carbonyl (C=O) groups excluding carboxylic acids is 1. The van der Waals surface area contributed by atoms with Crippen LogP contribution in [-0.4, -0.2) is 15.2 Å². The molecule has 1 aliphatic carbocycles. The van der Waals surface area contributed by atoms with Gasteiger partial charge in [-0.2, -0.15) is 0 Å². The first-order chi connectivity index (χ1) is 14.2. The molecule has 31 heavy (non-hydrogen) atoms. The maximum Gasteiger partial charge on any atom is 0.259 e. The van der Waals surface area contributed by atoms with Crippen molar-refractivity contribution in [2.24, 2.45) is 9.50 Å². The first-order valence-electron chi connectivity index (χ1n) is 9.83. The fourth-order valence-electron chi connectivity index (χ4n) is 3.49. The van der Waals surface area contributed by atoms with E-state index in [0.29, 0.717) is 22.5 Å². The number of benzene rings is 1. The van der Waals surface area contributed by atoms with Gasteiger partial charge in [0.05, 0.1) is 17.0 Å². The van der Waals surface area contributed by atoms with E-state index in [1.54, 1.807) is 13.8 Å². The van der Waals surface area contributed by atoms with Crippen LogP contribution in [0.1, 0.15) is 73.9 Å². The smallest absolute Gasteiger partial charge is 0.259 e. The van der Waals surface area contributed by atoms with Gasteiger partial charge in [-0.1, -0.05) is 25.4 Å². The fraction of sp³-hybridized carbons (Fsp3) is 0.476. The molecule has 1 amide bonds. The fourth-order valence-corrected chi connectivity index (χ4v) is 6.13. The number of amides is 1. The minimum absolute atomic E-state index is 0.00108.